The van der Waals surface area contributed by atoms with Gasteiger partial charge in [-0.3, -0.25) is 9.79 Å². The second-order valence-electron chi connectivity index (χ2n) is 5.84. The fraction of sp³-hybridized carbons (Fsp3) is 0.875. The second-order valence-corrected chi connectivity index (χ2v) is 5.84. The van der Waals surface area contributed by atoms with Crippen LogP contribution in [0.1, 0.15) is 33.6 Å². The third-order valence-corrected chi connectivity index (χ3v) is 3.40. The molecule has 1 aliphatic heterocycles. The van der Waals surface area contributed by atoms with E-state index in [-0.39, 0.29) is 41.9 Å². The standard InChI is InChI=1S/C16H32N4O3.HI/c1-4-17-16(20-9-8-18-15(21)13(2)3)19-7-5-10-23-14-6-11-22-12-14;/h13-14H,4-12H2,1-3H3,(H,18,21)(H2,17,19,20);1H. The molecule has 24 heavy (non-hydrogen) atoms. The van der Waals surface area contributed by atoms with Crippen molar-refractivity contribution in [1.82, 2.24) is 16.0 Å². The molecule has 1 saturated heterocycles. The average molecular weight is 456 g/mol. The maximum atomic E-state index is 11.5. The van der Waals surface area contributed by atoms with Gasteiger partial charge >= 0.3 is 0 Å². The van der Waals surface area contributed by atoms with Gasteiger partial charge in [-0.15, -0.1) is 24.0 Å². The van der Waals surface area contributed by atoms with Gasteiger partial charge in [0.05, 0.1) is 12.7 Å². The van der Waals surface area contributed by atoms with Crippen LogP contribution in [0.3, 0.4) is 0 Å². The van der Waals surface area contributed by atoms with Gasteiger partial charge in [0.1, 0.15) is 0 Å². The summed E-state index contributed by atoms with van der Waals surface area (Å²) in [4.78, 5) is 16.0. The van der Waals surface area contributed by atoms with Crippen molar-refractivity contribution in [2.24, 2.45) is 10.9 Å². The normalized spacial score (nSPS) is 17.5. The van der Waals surface area contributed by atoms with E-state index in [2.05, 4.69) is 20.9 Å². The van der Waals surface area contributed by atoms with Crippen LogP contribution in [0.25, 0.3) is 0 Å². The minimum Gasteiger partial charge on any atom is -0.379 e. The lowest BCUT2D eigenvalue weighted by molar-refractivity contribution is -0.123. The van der Waals surface area contributed by atoms with Crippen LogP contribution in [0.4, 0.5) is 0 Å². The molecule has 0 aromatic rings. The van der Waals surface area contributed by atoms with Crippen LogP contribution < -0.4 is 16.0 Å². The molecule has 3 N–H and O–H groups in total. The van der Waals surface area contributed by atoms with E-state index in [0.29, 0.717) is 26.2 Å². The molecule has 1 aliphatic rings. The first-order chi connectivity index (χ1) is 11.1. The highest BCUT2D eigenvalue weighted by Gasteiger charge is 2.15. The zero-order valence-corrected chi connectivity index (χ0v) is 17.4. The summed E-state index contributed by atoms with van der Waals surface area (Å²) in [5, 5.41) is 9.27. The van der Waals surface area contributed by atoms with Gasteiger partial charge in [0, 0.05) is 45.3 Å². The van der Waals surface area contributed by atoms with Crippen LogP contribution in [0.15, 0.2) is 4.99 Å². The molecule has 1 unspecified atom stereocenters. The van der Waals surface area contributed by atoms with Gasteiger partial charge < -0.3 is 25.4 Å². The monoisotopic (exact) mass is 456 g/mol. The number of nitrogens with one attached hydrogen (secondary N) is 3. The van der Waals surface area contributed by atoms with Gasteiger partial charge in [0.2, 0.25) is 5.91 Å². The summed E-state index contributed by atoms with van der Waals surface area (Å²) in [6.07, 6.45) is 2.14. The summed E-state index contributed by atoms with van der Waals surface area (Å²) in [5.74, 6) is 0.861. The Morgan fingerprint density at radius 1 is 1.29 bits per heavy atom. The summed E-state index contributed by atoms with van der Waals surface area (Å²) in [7, 11) is 0. The number of nitrogens with zero attached hydrogens (tertiary/aromatic N) is 1. The Balaban J connectivity index is 0.00000529. The Bertz CT molecular complexity index is 361. The van der Waals surface area contributed by atoms with Gasteiger partial charge in [-0.25, -0.2) is 0 Å². The molecule has 1 atom stereocenters. The van der Waals surface area contributed by atoms with E-state index in [1.165, 1.54) is 0 Å². The molecule has 0 aromatic heterocycles. The molecule has 0 aliphatic carbocycles. The Morgan fingerprint density at radius 2 is 2.04 bits per heavy atom. The highest BCUT2D eigenvalue weighted by Crippen LogP contribution is 2.07. The first-order valence-corrected chi connectivity index (χ1v) is 8.62. The molecule has 1 heterocycles. The first-order valence-electron chi connectivity index (χ1n) is 8.62. The van der Waals surface area contributed by atoms with Gasteiger partial charge in [0.15, 0.2) is 5.96 Å². The van der Waals surface area contributed by atoms with Crippen molar-refractivity contribution < 1.29 is 14.3 Å². The zero-order chi connectivity index (χ0) is 16.9. The van der Waals surface area contributed by atoms with E-state index < -0.39 is 0 Å². The predicted molar refractivity (Wildman–Crippen MR) is 107 cm³/mol. The lowest BCUT2D eigenvalue weighted by Crippen LogP contribution is -2.42. The van der Waals surface area contributed by atoms with Crippen molar-refractivity contribution in [3.8, 4) is 0 Å². The highest BCUT2D eigenvalue weighted by atomic mass is 127. The molecule has 8 heteroatoms. The van der Waals surface area contributed by atoms with Gasteiger partial charge in [0.25, 0.3) is 0 Å². The van der Waals surface area contributed by atoms with E-state index in [9.17, 15) is 4.79 Å². The van der Waals surface area contributed by atoms with Gasteiger partial charge in [-0.2, -0.15) is 0 Å². The minimum atomic E-state index is 0. The van der Waals surface area contributed by atoms with E-state index in [1.54, 1.807) is 0 Å². The Hall–Kier alpha value is -0.610. The number of rotatable bonds is 10. The van der Waals surface area contributed by atoms with Crippen LogP contribution in [-0.2, 0) is 14.3 Å². The number of guanidine groups is 1. The zero-order valence-electron chi connectivity index (χ0n) is 15.1. The first kappa shape index (κ1) is 23.4. The molecular weight excluding hydrogens is 423 g/mol. The number of hydrogen-bond donors (Lipinski definition) is 3. The van der Waals surface area contributed by atoms with E-state index in [4.69, 9.17) is 9.47 Å². The number of carbonyl (C=O) groups excluding carboxylic acids is 1. The van der Waals surface area contributed by atoms with Crippen molar-refractivity contribution in [1.29, 1.82) is 0 Å². The van der Waals surface area contributed by atoms with Crippen molar-refractivity contribution in [3.05, 3.63) is 0 Å². The third-order valence-electron chi connectivity index (χ3n) is 3.40. The molecule has 1 amide bonds. The molecule has 1 fully saturated rings. The molecule has 0 radical (unpaired) electrons. The minimum absolute atomic E-state index is 0. The molecule has 1 rings (SSSR count). The molecule has 142 valence electrons. The average Bonchev–Trinajstić information content (AvgIpc) is 3.03. The number of carbonyl (C=O) groups is 1. The fourth-order valence-corrected chi connectivity index (χ4v) is 2.06. The van der Waals surface area contributed by atoms with Crippen molar-refractivity contribution in [2.75, 3.05) is 46.0 Å². The fourth-order valence-electron chi connectivity index (χ4n) is 2.06. The predicted octanol–water partition coefficient (Wildman–Crippen LogP) is 1.13. The molecule has 0 saturated carbocycles. The van der Waals surface area contributed by atoms with Crippen LogP contribution in [0, 0.1) is 5.92 Å². The maximum Gasteiger partial charge on any atom is 0.222 e. The number of hydrogen-bond acceptors (Lipinski definition) is 4. The summed E-state index contributed by atoms with van der Waals surface area (Å²) < 4.78 is 11.0. The van der Waals surface area contributed by atoms with Crippen molar-refractivity contribution in [2.45, 2.75) is 39.7 Å². The molecule has 0 aromatic carbocycles. The van der Waals surface area contributed by atoms with Crippen LogP contribution >= 0.6 is 24.0 Å². The molecule has 0 bridgehead atoms. The Kier molecular flexibility index (Phi) is 14.3. The quantitative estimate of drug-likeness (QED) is 0.199. The summed E-state index contributed by atoms with van der Waals surface area (Å²) in [6, 6.07) is 0. The number of ether oxygens (including phenoxy) is 2. The molecule has 0 spiro atoms. The van der Waals surface area contributed by atoms with E-state index in [1.807, 2.05) is 20.8 Å². The summed E-state index contributed by atoms with van der Waals surface area (Å²) in [5.41, 5.74) is 0. The van der Waals surface area contributed by atoms with Crippen LogP contribution in [0.2, 0.25) is 0 Å². The lowest BCUT2D eigenvalue weighted by Gasteiger charge is -2.13. The molecule has 7 nitrogen and oxygen atoms in total. The Labute approximate surface area is 162 Å². The molecular formula is C16H33IN4O3. The number of aliphatic imine (C=N–C) groups is 1. The lowest BCUT2D eigenvalue weighted by atomic mass is 10.2. The van der Waals surface area contributed by atoms with Crippen molar-refractivity contribution in [3.63, 3.8) is 0 Å². The highest BCUT2D eigenvalue weighted by molar-refractivity contribution is 14.0. The van der Waals surface area contributed by atoms with Crippen molar-refractivity contribution >= 4 is 35.8 Å². The number of amides is 1. The second kappa shape index (κ2) is 14.7. The number of halogens is 1. The SMILES string of the molecule is CCNC(=NCCCOC1CCOC1)NCCNC(=O)C(C)C.I. The largest absolute Gasteiger partial charge is 0.379 e. The summed E-state index contributed by atoms with van der Waals surface area (Å²) >= 11 is 0. The van der Waals surface area contributed by atoms with Gasteiger partial charge in [-0.1, -0.05) is 13.8 Å². The van der Waals surface area contributed by atoms with E-state index in [0.717, 1.165) is 38.6 Å². The van der Waals surface area contributed by atoms with Crippen LogP contribution in [-0.4, -0.2) is 64.0 Å². The smallest absolute Gasteiger partial charge is 0.222 e. The summed E-state index contributed by atoms with van der Waals surface area (Å²) in [6.45, 7) is 10.8. The topological polar surface area (TPSA) is 84.0 Å². The van der Waals surface area contributed by atoms with Crippen LogP contribution in [0.5, 0.6) is 0 Å². The Morgan fingerprint density at radius 3 is 2.67 bits per heavy atom. The van der Waals surface area contributed by atoms with Gasteiger partial charge in [-0.05, 0) is 19.8 Å². The third kappa shape index (κ3) is 11.0. The maximum absolute atomic E-state index is 11.5. The van der Waals surface area contributed by atoms with E-state index >= 15 is 0 Å².